The van der Waals surface area contributed by atoms with Crippen molar-refractivity contribution in [2.24, 2.45) is 0 Å². The number of benzene rings is 1. The highest BCUT2D eigenvalue weighted by Crippen LogP contribution is 2.39. The van der Waals surface area contributed by atoms with E-state index in [9.17, 15) is 14.9 Å². The highest BCUT2D eigenvalue weighted by atomic mass is 79.9. The normalized spacial score (nSPS) is 10.7. The molecule has 0 saturated carbocycles. The molecule has 0 amide bonds. The van der Waals surface area contributed by atoms with Gasteiger partial charge in [-0.1, -0.05) is 39.0 Å². The lowest BCUT2D eigenvalue weighted by atomic mass is 10.1. The van der Waals surface area contributed by atoms with E-state index in [1.54, 1.807) is 6.07 Å². The number of aldehydes is 1. The predicted molar refractivity (Wildman–Crippen MR) is 103 cm³/mol. The van der Waals surface area contributed by atoms with Gasteiger partial charge in [0.2, 0.25) is 0 Å². The fourth-order valence-electron chi connectivity index (χ4n) is 2.63. The zero-order chi connectivity index (χ0) is 18.9. The van der Waals surface area contributed by atoms with Gasteiger partial charge < -0.3 is 9.15 Å². The second kappa shape index (κ2) is 10.1. The Hall–Kier alpha value is -2.15. The molecule has 0 unspecified atom stereocenters. The molecule has 0 atom stereocenters. The number of hydrogen-bond acceptors (Lipinski definition) is 5. The first-order valence-corrected chi connectivity index (χ1v) is 9.52. The summed E-state index contributed by atoms with van der Waals surface area (Å²) < 4.78 is 11.6. The molecule has 1 aromatic carbocycles. The van der Waals surface area contributed by atoms with E-state index in [-0.39, 0.29) is 22.8 Å². The molecule has 0 bridgehead atoms. The standard InChI is InChI=1S/C19H22BrNO5/c1-2-3-4-5-6-7-10-25-19-11-15(17(21(23)24)12-16(19)20)18-9-8-14(13-22)26-18/h8-9,11-13H,2-7,10H2,1H3. The molecule has 0 aliphatic carbocycles. The van der Waals surface area contributed by atoms with E-state index in [1.807, 2.05) is 0 Å². The highest BCUT2D eigenvalue weighted by Gasteiger charge is 2.22. The molecule has 1 heterocycles. The van der Waals surface area contributed by atoms with Gasteiger partial charge in [-0.2, -0.15) is 0 Å². The smallest absolute Gasteiger partial charge is 0.281 e. The summed E-state index contributed by atoms with van der Waals surface area (Å²) in [6, 6.07) is 5.99. The molecule has 7 heteroatoms. The van der Waals surface area contributed by atoms with Crippen LogP contribution in [0.1, 0.15) is 56.0 Å². The summed E-state index contributed by atoms with van der Waals surface area (Å²) in [5, 5.41) is 11.4. The maximum absolute atomic E-state index is 11.4. The summed E-state index contributed by atoms with van der Waals surface area (Å²) in [6.07, 6.45) is 7.48. The molecule has 26 heavy (non-hydrogen) atoms. The van der Waals surface area contributed by atoms with Crippen LogP contribution in [0.5, 0.6) is 5.75 Å². The van der Waals surface area contributed by atoms with Crippen LogP contribution in [0.15, 0.2) is 33.2 Å². The lowest BCUT2D eigenvalue weighted by molar-refractivity contribution is -0.384. The number of unbranched alkanes of at least 4 members (excludes halogenated alkanes) is 5. The fraction of sp³-hybridized carbons (Fsp3) is 0.421. The molecule has 0 spiro atoms. The van der Waals surface area contributed by atoms with Crippen LogP contribution in [-0.2, 0) is 0 Å². The monoisotopic (exact) mass is 423 g/mol. The third kappa shape index (κ3) is 5.42. The summed E-state index contributed by atoms with van der Waals surface area (Å²) >= 11 is 3.33. The lowest BCUT2D eigenvalue weighted by Crippen LogP contribution is -2.00. The molecule has 0 saturated heterocycles. The molecule has 0 radical (unpaired) electrons. The Balaban J connectivity index is 2.11. The Morgan fingerprint density at radius 1 is 1.19 bits per heavy atom. The molecule has 140 valence electrons. The molecule has 2 aromatic rings. The van der Waals surface area contributed by atoms with Crippen LogP contribution in [0.4, 0.5) is 5.69 Å². The molecule has 0 fully saturated rings. The zero-order valence-electron chi connectivity index (χ0n) is 14.7. The molecule has 1 aromatic heterocycles. The summed E-state index contributed by atoms with van der Waals surface area (Å²) in [6.45, 7) is 2.73. The minimum Gasteiger partial charge on any atom is -0.492 e. The van der Waals surface area contributed by atoms with E-state index in [2.05, 4.69) is 22.9 Å². The van der Waals surface area contributed by atoms with Crippen LogP contribution in [0.25, 0.3) is 11.3 Å². The van der Waals surface area contributed by atoms with Gasteiger partial charge in [-0.25, -0.2) is 0 Å². The number of nitro benzene ring substituents is 1. The first kappa shape index (κ1) is 20.2. The van der Waals surface area contributed by atoms with Crippen molar-refractivity contribution in [1.82, 2.24) is 0 Å². The topological polar surface area (TPSA) is 82.6 Å². The van der Waals surface area contributed by atoms with Gasteiger partial charge in [0.15, 0.2) is 12.0 Å². The van der Waals surface area contributed by atoms with Crippen LogP contribution >= 0.6 is 15.9 Å². The molecular formula is C19H22BrNO5. The Kier molecular flexibility index (Phi) is 7.84. The van der Waals surface area contributed by atoms with Crippen molar-refractivity contribution >= 4 is 27.9 Å². The second-order valence-electron chi connectivity index (χ2n) is 5.99. The SMILES string of the molecule is CCCCCCCCOc1cc(-c2ccc(C=O)o2)c([N+](=O)[O-])cc1Br. The van der Waals surface area contributed by atoms with E-state index in [4.69, 9.17) is 9.15 Å². The number of ether oxygens (including phenoxy) is 1. The highest BCUT2D eigenvalue weighted by molar-refractivity contribution is 9.10. The van der Waals surface area contributed by atoms with Crippen molar-refractivity contribution in [3.63, 3.8) is 0 Å². The van der Waals surface area contributed by atoms with E-state index in [0.717, 1.165) is 12.8 Å². The number of furan rings is 1. The van der Waals surface area contributed by atoms with Crippen molar-refractivity contribution in [2.45, 2.75) is 45.4 Å². The number of halogens is 1. The Labute approximate surface area is 160 Å². The minimum absolute atomic E-state index is 0.115. The maximum atomic E-state index is 11.4. The number of hydrogen-bond donors (Lipinski definition) is 0. The molecule has 6 nitrogen and oxygen atoms in total. The maximum Gasteiger partial charge on any atom is 0.281 e. The fourth-order valence-corrected chi connectivity index (χ4v) is 3.07. The van der Waals surface area contributed by atoms with Gasteiger partial charge >= 0.3 is 0 Å². The van der Waals surface area contributed by atoms with Crippen molar-refractivity contribution < 1.29 is 18.9 Å². The van der Waals surface area contributed by atoms with Gasteiger partial charge in [-0.15, -0.1) is 0 Å². The number of nitrogens with zero attached hydrogens (tertiary/aromatic N) is 1. The van der Waals surface area contributed by atoms with Gasteiger partial charge in [-0.05, 0) is 40.5 Å². The number of carbonyl (C=O) groups excluding carboxylic acids is 1. The van der Waals surface area contributed by atoms with Crippen LogP contribution in [0, 0.1) is 10.1 Å². The first-order chi connectivity index (χ1) is 12.6. The van der Waals surface area contributed by atoms with Crippen molar-refractivity contribution in [3.05, 3.63) is 44.6 Å². The van der Waals surface area contributed by atoms with Gasteiger partial charge in [0, 0.05) is 6.07 Å². The van der Waals surface area contributed by atoms with Crippen LogP contribution in [0.2, 0.25) is 0 Å². The molecule has 2 rings (SSSR count). The van der Waals surface area contributed by atoms with Crippen LogP contribution in [0.3, 0.4) is 0 Å². The van der Waals surface area contributed by atoms with Crippen molar-refractivity contribution in [1.29, 1.82) is 0 Å². The predicted octanol–water partition coefficient (Wildman–Crippen LogP) is 6.17. The quantitative estimate of drug-likeness (QED) is 0.186. The summed E-state index contributed by atoms with van der Waals surface area (Å²) in [4.78, 5) is 21.7. The number of rotatable bonds is 11. The largest absolute Gasteiger partial charge is 0.492 e. The van der Waals surface area contributed by atoms with Gasteiger partial charge in [0.05, 0.1) is 21.6 Å². The molecule has 0 aliphatic heterocycles. The average molecular weight is 424 g/mol. The lowest BCUT2D eigenvalue weighted by Gasteiger charge is -2.10. The average Bonchev–Trinajstić information content (AvgIpc) is 3.10. The third-order valence-corrected chi connectivity index (χ3v) is 4.63. The van der Waals surface area contributed by atoms with Crippen molar-refractivity contribution in [3.8, 4) is 17.1 Å². The molecule has 0 N–H and O–H groups in total. The Morgan fingerprint density at radius 3 is 2.58 bits per heavy atom. The van der Waals surface area contributed by atoms with Gasteiger partial charge in [0.1, 0.15) is 11.5 Å². The van der Waals surface area contributed by atoms with Crippen LogP contribution in [-0.4, -0.2) is 17.8 Å². The van der Waals surface area contributed by atoms with Gasteiger partial charge in [-0.3, -0.25) is 14.9 Å². The molecule has 0 aliphatic rings. The van der Waals surface area contributed by atoms with Gasteiger partial charge in [0.25, 0.3) is 5.69 Å². The first-order valence-electron chi connectivity index (χ1n) is 8.73. The summed E-state index contributed by atoms with van der Waals surface area (Å²) in [5.74, 6) is 0.894. The Bertz CT molecular complexity index is 756. The van der Waals surface area contributed by atoms with E-state index >= 15 is 0 Å². The third-order valence-electron chi connectivity index (χ3n) is 4.01. The zero-order valence-corrected chi connectivity index (χ0v) is 16.3. The van der Waals surface area contributed by atoms with Crippen LogP contribution < -0.4 is 4.74 Å². The second-order valence-corrected chi connectivity index (χ2v) is 6.85. The summed E-state index contributed by atoms with van der Waals surface area (Å²) in [7, 11) is 0. The minimum atomic E-state index is -0.485. The van der Waals surface area contributed by atoms with Crippen molar-refractivity contribution in [2.75, 3.05) is 6.61 Å². The number of carbonyl (C=O) groups is 1. The summed E-state index contributed by atoms with van der Waals surface area (Å²) in [5.41, 5.74) is 0.167. The molecular weight excluding hydrogens is 402 g/mol. The number of nitro groups is 1. The van der Waals surface area contributed by atoms with E-state index in [0.29, 0.717) is 23.1 Å². The van der Waals surface area contributed by atoms with E-state index in [1.165, 1.54) is 43.9 Å². The Morgan fingerprint density at radius 2 is 1.92 bits per heavy atom. The van der Waals surface area contributed by atoms with E-state index < -0.39 is 4.92 Å².